The fourth-order valence-electron chi connectivity index (χ4n) is 1.79. The highest BCUT2D eigenvalue weighted by molar-refractivity contribution is 6.76. The highest BCUT2D eigenvalue weighted by Gasteiger charge is 2.11. The molecule has 0 aliphatic rings. The Morgan fingerprint density at radius 3 is 2.33 bits per heavy atom. The van der Waals surface area contributed by atoms with E-state index in [1.165, 1.54) is 5.56 Å². The van der Waals surface area contributed by atoms with Crippen molar-refractivity contribution in [2.75, 3.05) is 6.61 Å². The van der Waals surface area contributed by atoms with Crippen LogP contribution in [0.5, 0.6) is 0 Å². The topological polar surface area (TPSA) is 20.2 Å². The van der Waals surface area contributed by atoms with E-state index in [9.17, 15) is 0 Å². The van der Waals surface area contributed by atoms with Crippen molar-refractivity contribution in [2.24, 2.45) is 0 Å². The summed E-state index contributed by atoms with van der Waals surface area (Å²) < 4.78 is 0. The van der Waals surface area contributed by atoms with Crippen LogP contribution in [0.3, 0.4) is 0 Å². The second-order valence-electron chi connectivity index (χ2n) is 5.92. The molecule has 1 nitrogen and oxygen atoms in total. The zero-order valence-corrected chi connectivity index (χ0v) is 12.7. The first-order valence-electron chi connectivity index (χ1n) is 6.64. The first-order chi connectivity index (χ1) is 8.53. The van der Waals surface area contributed by atoms with Crippen molar-refractivity contribution in [3.8, 4) is 11.8 Å². The van der Waals surface area contributed by atoms with E-state index in [-0.39, 0.29) is 6.61 Å². The molecule has 18 heavy (non-hydrogen) atoms. The number of aliphatic hydroxyl groups is 1. The molecule has 0 saturated heterocycles. The molecule has 0 fully saturated rings. The van der Waals surface area contributed by atoms with E-state index < -0.39 is 8.07 Å². The van der Waals surface area contributed by atoms with Crippen LogP contribution in [-0.2, 0) is 0 Å². The van der Waals surface area contributed by atoms with Crippen LogP contribution >= 0.6 is 0 Å². The number of benzene rings is 1. The molecule has 1 atom stereocenters. The van der Waals surface area contributed by atoms with E-state index in [1.54, 1.807) is 0 Å². The SMILES string of the molecule is C[Si](C)(C)CC#CCC(CCO)c1ccccc1. The summed E-state index contributed by atoms with van der Waals surface area (Å²) in [6.45, 7) is 7.24. The highest BCUT2D eigenvalue weighted by atomic mass is 28.3. The van der Waals surface area contributed by atoms with Crippen LogP contribution in [-0.4, -0.2) is 19.8 Å². The van der Waals surface area contributed by atoms with Crippen LogP contribution in [0.1, 0.15) is 24.3 Å². The molecule has 0 aliphatic heterocycles. The quantitative estimate of drug-likeness (QED) is 0.629. The van der Waals surface area contributed by atoms with Gasteiger partial charge in [0.2, 0.25) is 0 Å². The molecule has 2 heteroatoms. The maximum atomic E-state index is 9.14. The lowest BCUT2D eigenvalue weighted by Gasteiger charge is -2.13. The predicted octanol–water partition coefficient (Wildman–Crippen LogP) is 3.88. The van der Waals surface area contributed by atoms with Gasteiger partial charge in [-0.05, 0) is 17.9 Å². The number of hydrogen-bond acceptors (Lipinski definition) is 1. The average Bonchev–Trinajstić information content (AvgIpc) is 2.33. The first-order valence-corrected chi connectivity index (χ1v) is 10.3. The molecule has 1 aromatic carbocycles. The maximum absolute atomic E-state index is 9.14. The average molecular weight is 260 g/mol. The van der Waals surface area contributed by atoms with Crippen molar-refractivity contribution in [1.82, 2.24) is 0 Å². The summed E-state index contributed by atoms with van der Waals surface area (Å²) in [5, 5.41) is 9.14. The van der Waals surface area contributed by atoms with E-state index in [1.807, 2.05) is 6.07 Å². The van der Waals surface area contributed by atoms with Crippen molar-refractivity contribution in [1.29, 1.82) is 0 Å². The van der Waals surface area contributed by atoms with Gasteiger partial charge in [0.15, 0.2) is 0 Å². The van der Waals surface area contributed by atoms with Crippen molar-refractivity contribution in [3.63, 3.8) is 0 Å². The van der Waals surface area contributed by atoms with Crippen LogP contribution < -0.4 is 0 Å². The smallest absolute Gasteiger partial charge is 0.0573 e. The lowest BCUT2D eigenvalue weighted by Crippen LogP contribution is -2.17. The molecule has 98 valence electrons. The van der Waals surface area contributed by atoms with Crippen molar-refractivity contribution in [2.45, 2.75) is 44.4 Å². The van der Waals surface area contributed by atoms with Crippen molar-refractivity contribution >= 4 is 8.07 Å². The number of aliphatic hydroxyl groups excluding tert-OH is 1. The molecular formula is C16H24OSi. The lowest BCUT2D eigenvalue weighted by atomic mass is 9.93. The molecule has 0 heterocycles. The molecule has 0 aromatic heterocycles. The summed E-state index contributed by atoms with van der Waals surface area (Å²) in [4.78, 5) is 0. The third kappa shape index (κ3) is 6.04. The monoisotopic (exact) mass is 260 g/mol. The van der Waals surface area contributed by atoms with E-state index >= 15 is 0 Å². The third-order valence-electron chi connectivity index (χ3n) is 2.84. The Morgan fingerprint density at radius 2 is 1.78 bits per heavy atom. The molecule has 0 spiro atoms. The van der Waals surface area contributed by atoms with Crippen LogP contribution in [0, 0.1) is 11.8 Å². The molecule has 0 aliphatic carbocycles. The Morgan fingerprint density at radius 1 is 1.11 bits per heavy atom. The van der Waals surface area contributed by atoms with Gasteiger partial charge in [-0.3, -0.25) is 0 Å². The lowest BCUT2D eigenvalue weighted by molar-refractivity contribution is 0.276. The minimum Gasteiger partial charge on any atom is -0.396 e. The Hall–Kier alpha value is -1.04. The highest BCUT2D eigenvalue weighted by Crippen LogP contribution is 2.22. The zero-order valence-electron chi connectivity index (χ0n) is 11.7. The van der Waals surface area contributed by atoms with Crippen LogP contribution in [0.2, 0.25) is 25.7 Å². The van der Waals surface area contributed by atoms with E-state index in [2.05, 4.69) is 55.7 Å². The summed E-state index contributed by atoms with van der Waals surface area (Å²) in [7, 11) is -1.05. The van der Waals surface area contributed by atoms with Gasteiger partial charge < -0.3 is 5.11 Å². The Balaban J connectivity index is 2.59. The minimum absolute atomic E-state index is 0.231. The standard InChI is InChI=1S/C16H24OSi/c1-18(2,3)14-8-7-11-16(12-13-17)15-9-5-4-6-10-15/h4-6,9-10,16-17H,11-14H2,1-3H3. The second kappa shape index (κ2) is 7.40. The Bertz CT molecular complexity index is 395. The van der Waals surface area contributed by atoms with E-state index in [0.29, 0.717) is 5.92 Å². The van der Waals surface area contributed by atoms with Gasteiger partial charge in [-0.25, -0.2) is 0 Å². The third-order valence-corrected chi connectivity index (χ3v) is 4.08. The molecule has 0 saturated carbocycles. The largest absolute Gasteiger partial charge is 0.396 e. The second-order valence-corrected chi connectivity index (χ2v) is 11.4. The number of rotatable bonds is 5. The normalized spacial score (nSPS) is 12.7. The summed E-state index contributed by atoms with van der Waals surface area (Å²) in [6.07, 6.45) is 1.65. The maximum Gasteiger partial charge on any atom is 0.0573 e. The first kappa shape index (κ1) is 15.0. The fraction of sp³-hybridized carbons (Fsp3) is 0.500. The minimum atomic E-state index is -1.05. The van der Waals surface area contributed by atoms with Gasteiger partial charge in [-0.15, -0.1) is 11.8 Å². The molecule has 0 radical (unpaired) electrons. The number of hydrogen-bond donors (Lipinski definition) is 1. The summed E-state index contributed by atoms with van der Waals surface area (Å²) >= 11 is 0. The van der Waals surface area contributed by atoms with Crippen LogP contribution in [0.25, 0.3) is 0 Å². The predicted molar refractivity (Wildman–Crippen MR) is 81.4 cm³/mol. The van der Waals surface area contributed by atoms with Crippen LogP contribution in [0.15, 0.2) is 30.3 Å². The van der Waals surface area contributed by atoms with Gasteiger partial charge in [-0.1, -0.05) is 50.0 Å². The fourth-order valence-corrected chi connectivity index (χ4v) is 2.45. The summed E-state index contributed by atoms with van der Waals surface area (Å²) in [5.41, 5.74) is 1.29. The zero-order chi connectivity index (χ0) is 13.4. The van der Waals surface area contributed by atoms with Gasteiger partial charge >= 0.3 is 0 Å². The molecule has 1 aromatic rings. The van der Waals surface area contributed by atoms with E-state index in [4.69, 9.17) is 5.11 Å². The molecule has 0 amide bonds. The van der Waals surface area contributed by atoms with Gasteiger partial charge in [0.25, 0.3) is 0 Å². The summed E-state index contributed by atoms with van der Waals surface area (Å²) in [5.74, 6) is 6.98. The summed E-state index contributed by atoms with van der Waals surface area (Å²) in [6, 6.07) is 11.4. The van der Waals surface area contributed by atoms with Gasteiger partial charge in [0, 0.05) is 19.1 Å². The molecule has 1 N–H and O–H groups in total. The molecule has 1 rings (SSSR count). The Kier molecular flexibility index (Phi) is 6.18. The Labute approximate surface area is 112 Å². The van der Waals surface area contributed by atoms with Gasteiger partial charge in [0.1, 0.15) is 0 Å². The van der Waals surface area contributed by atoms with Crippen LogP contribution in [0.4, 0.5) is 0 Å². The van der Waals surface area contributed by atoms with Crippen molar-refractivity contribution < 1.29 is 5.11 Å². The van der Waals surface area contributed by atoms with Gasteiger partial charge in [0.05, 0.1) is 8.07 Å². The van der Waals surface area contributed by atoms with Crippen molar-refractivity contribution in [3.05, 3.63) is 35.9 Å². The van der Waals surface area contributed by atoms with E-state index in [0.717, 1.165) is 18.9 Å². The molecule has 0 bridgehead atoms. The molecular weight excluding hydrogens is 236 g/mol. The molecule has 1 unspecified atom stereocenters. The van der Waals surface area contributed by atoms with Gasteiger partial charge in [-0.2, -0.15) is 0 Å².